The van der Waals surface area contributed by atoms with Gasteiger partial charge in [-0.05, 0) is 20.3 Å². The summed E-state index contributed by atoms with van der Waals surface area (Å²) in [7, 11) is 0. The first kappa shape index (κ1) is 18.0. The van der Waals surface area contributed by atoms with Gasteiger partial charge in [-0.1, -0.05) is 34.8 Å². The van der Waals surface area contributed by atoms with Crippen molar-refractivity contribution in [3.05, 3.63) is 0 Å². The third-order valence-electron chi connectivity index (χ3n) is 1.06. The largest absolute Gasteiger partial charge is 0.481 e. The number of rotatable bonds is 2. The predicted octanol–water partition coefficient (Wildman–Crippen LogP) is 3.22. The van der Waals surface area contributed by atoms with Crippen LogP contribution in [0, 0.1) is 0 Å². The molecule has 0 aromatic heterocycles. The van der Waals surface area contributed by atoms with Crippen molar-refractivity contribution < 1.29 is 15.0 Å². The van der Waals surface area contributed by atoms with Crippen LogP contribution < -0.4 is 0 Å². The molecule has 0 aliphatic rings. The lowest BCUT2D eigenvalue weighted by atomic mass is 10.1. The van der Waals surface area contributed by atoms with Crippen LogP contribution in [0.2, 0.25) is 0 Å². The van der Waals surface area contributed by atoms with Crippen LogP contribution in [-0.2, 0) is 4.79 Å². The van der Waals surface area contributed by atoms with Crippen LogP contribution in [-0.4, -0.2) is 31.0 Å². The maximum Gasteiger partial charge on any atom is 0.300 e. The van der Waals surface area contributed by atoms with Gasteiger partial charge in [0.15, 0.2) is 0 Å². The number of carboxylic acid groups (broad SMARTS) is 1. The van der Waals surface area contributed by atoms with Gasteiger partial charge < -0.3 is 10.2 Å². The highest BCUT2D eigenvalue weighted by Gasteiger charge is 2.34. The second-order valence-electron chi connectivity index (χ2n) is 3.50. The van der Waals surface area contributed by atoms with Gasteiger partial charge in [0.05, 0.1) is 0 Å². The predicted molar refractivity (Wildman–Crippen MR) is 64.2 cm³/mol. The van der Waals surface area contributed by atoms with Crippen molar-refractivity contribution in [2.24, 2.45) is 0 Å². The van der Waals surface area contributed by atoms with Gasteiger partial charge in [0.25, 0.3) is 5.97 Å². The summed E-state index contributed by atoms with van der Waals surface area (Å²) in [6.45, 7) is 4.57. The average Bonchev–Trinajstić information content (AvgIpc) is 1.78. The Morgan fingerprint density at radius 3 is 1.60 bits per heavy atom. The van der Waals surface area contributed by atoms with Crippen LogP contribution in [0.5, 0.6) is 0 Å². The van der Waals surface area contributed by atoms with Gasteiger partial charge in [-0.2, -0.15) is 0 Å². The summed E-state index contributed by atoms with van der Waals surface area (Å²) in [6, 6.07) is 0. The number of carboxylic acids is 1. The van der Waals surface area contributed by atoms with Crippen molar-refractivity contribution in [2.75, 3.05) is 0 Å². The zero-order valence-corrected chi connectivity index (χ0v) is 11.6. The summed E-state index contributed by atoms with van der Waals surface area (Å²) in [5.74, 6) is -0.833. The minimum atomic E-state index is -1.65. The summed E-state index contributed by atoms with van der Waals surface area (Å²) in [6.07, 6.45) is -0.787. The molecule has 0 amide bonds. The van der Waals surface area contributed by atoms with Gasteiger partial charge in [-0.3, -0.25) is 4.79 Å². The summed E-state index contributed by atoms with van der Waals surface area (Å²) < 4.78 is -1.65. The third kappa shape index (κ3) is 17.2. The van der Waals surface area contributed by atoms with Gasteiger partial charge in [0.1, 0.15) is 6.10 Å². The van der Waals surface area contributed by atoms with E-state index >= 15 is 0 Å². The fraction of sp³-hybridized carbons (Fsp3) is 0.875. The summed E-state index contributed by atoms with van der Waals surface area (Å²) >= 11 is 22.0. The smallest absolute Gasteiger partial charge is 0.300 e. The monoisotopic (exact) mass is 298 g/mol. The maximum atomic E-state index is 9.24. The Morgan fingerprint density at radius 2 is 1.53 bits per heavy atom. The fourth-order valence-corrected chi connectivity index (χ4v) is 0.953. The molecule has 0 saturated carbocycles. The zero-order valence-electron chi connectivity index (χ0n) is 8.60. The van der Waals surface area contributed by atoms with Crippen LogP contribution in [0.3, 0.4) is 0 Å². The van der Waals surface area contributed by atoms with Gasteiger partial charge in [0.2, 0.25) is 3.79 Å². The molecule has 2 N–H and O–H groups in total. The Bertz CT molecular complexity index is 191. The minimum Gasteiger partial charge on any atom is -0.481 e. The highest BCUT2D eigenvalue weighted by atomic mass is 35.6. The number of aliphatic carboxylic acids is 1. The number of aliphatic hydroxyl groups is 1. The quantitative estimate of drug-likeness (QED) is 0.770. The molecule has 0 saturated heterocycles. The first-order valence-electron chi connectivity index (χ1n) is 3.99. The van der Waals surface area contributed by atoms with Gasteiger partial charge >= 0.3 is 0 Å². The Balaban J connectivity index is 0. The standard InChI is InChI=1S/C6H10Cl4O.C2H4O2/c1-5(2,7)3-4(11)6(8,9)10;1-2(3)4/h4,11H,3H2,1-2H3;1H3,(H,3,4). The Morgan fingerprint density at radius 1 is 1.27 bits per heavy atom. The minimum absolute atomic E-state index is 0.241. The van der Waals surface area contributed by atoms with Crippen LogP contribution in [0.15, 0.2) is 0 Å². The molecule has 0 heterocycles. The average molecular weight is 300 g/mol. The molecule has 1 unspecified atom stereocenters. The van der Waals surface area contributed by atoms with Crippen molar-refractivity contribution in [3.63, 3.8) is 0 Å². The van der Waals surface area contributed by atoms with E-state index in [1.54, 1.807) is 13.8 Å². The number of alkyl halides is 4. The first-order valence-corrected chi connectivity index (χ1v) is 5.50. The molecule has 92 valence electrons. The number of hydrogen-bond acceptors (Lipinski definition) is 2. The van der Waals surface area contributed by atoms with Crippen LogP contribution >= 0.6 is 46.4 Å². The second-order valence-corrected chi connectivity index (χ2v) is 6.89. The molecule has 0 aliphatic carbocycles. The van der Waals surface area contributed by atoms with E-state index in [9.17, 15) is 5.11 Å². The van der Waals surface area contributed by atoms with E-state index in [0.29, 0.717) is 0 Å². The highest BCUT2D eigenvalue weighted by molar-refractivity contribution is 6.68. The second kappa shape index (κ2) is 7.02. The first-order chi connectivity index (χ1) is 6.36. The molecule has 0 spiro atoms. The molecular formula is C8H14Cl4O3. The van der Waals surface area contributed by atoms with Crippen molar-refractivity contribution in [1.29, 1.82) is 0 Å². The highest BCUT2D eigenvalue weighted by Crippen LogP contribution is 2.35. The van der Waals surface area contributed by atoms with E-state index in [1.165, 1.54) is 0 Å². The van der Waals surface area contributed by atoms with Crippen molar-refractivity contribution in [3.8, 4) is 0 Å². The Kier molecular flexibility index (Phi) is 8.41. The molecule has 0 aliphatic heterocycles. The molecule has 0 bridgehead atoms. The lowest BCUT2D eigenvalue weighted by Gasteiger charge is -2.24. The topological polar surface area (TPSA) is 57.5 Å². The van der Waals surface area contributed by atoms with E-state index in [0.717, 1.165) is 6.92 Å². The molecule has 0 fully saturated rings. The van der Waals surface area contributed by atoms with Crippen LogP contribution in [0.4, 0.5) is 0 Å². The number of carbonyl (C=O) groups is 1. The van der Waals surface area contributed by atoms with Gasteiger partial charge in [-0.25, -0.2) is 0 Å². The lowest BCUT2D eigenvalue weighted by Crippen LogP contribution is -2.31. The van der Waals surface area contributed by atoms with Crippen LogP contribution in [0.25, 0.3) is 0 Å². The van der Waals surface area contributed by atoms with E-state index in [1.807, 2.05) is 0 Å². The van der Waals surface area contributed by atoms with E-state index < -0.39 is 20.7 Å². The molecule has 1 atom stereocenters. The van der Waals surface area contributed by atoms with E-state index in [2.05, 4.69) is 0 Å². The zero-order chi connectivity index (χ0) is 12.9. The Hall–Kier alpha value is 0.590. The van der Waals surface area contributed by atoms with Crippen molar-refractivity contribution in [2.45, 2.75) is 42.0 Å². The molecule has 15 heavy (non-hydrogen) atoms. The van der Waals surface area contributed by atoms with Gasteiger partial charge in [0, 0.05) is 11.8 Å². The van der Waals surface area contributed by atoms with Crippen LogP contribution in [0.1, 0.15) is 27.2 Å². The normalized spacial score (nSPS) is 13.9. The number of hydrogen-bond donors (Lipinski definition) is 2. The lowest BCUT2D eigenvalue weighted by molar-refractivity contribution is -0.134. The SMILES string of the molecule is CC(=O)O.CC(C)(Cl)CC(O)C(Cl)(Cl)Cl. The Labute approximate surface area is 109 Å². The summed E-state index contributed by atoms with van der Waals surface area (Å²) in [4.78, 5) is 8.45. The van der Waals surface area contributed by atoms with E-state index in [4.69, 9.17) is 56.3 Å². The molecule has 0 aromatic rings. The maximum absolute atomic E-state index is 9.24. The fourth-order valence-electron chi connectivity index (χ4n) is 0.576. The van der Waals surface area contributed by atoms with Gasteiger partial charge in [-0.15, -0.1) is 11.6 Å². The van der Waals surface area contributed by atoms with Crippen molar-refractivity contribution in [1.82, 2.24) is 0 Å². The molecule has 0 rings (SSSR count). The van der Waals surface area contributed by atoms with Crippen molar-refractivity contribution >= 4 is 52.4 Å². The molecule has 0 aromatic carbocycles. The summed E-state index contributed by atoms with van der Waals surface area (Å²) in [5.41, 5.74) is 0. The summed E-state index contributed by atoms with van der Waals surface area (Å²) in [5, 5.41) is 16.7. The number of halogens is 4. The third-order valence-corrected chi connectivity index (χ3v) is 1.97. The molecule has 0 radical (unpaired) electrons. The van der Waals surface area contributed by atoms with E-state index in [-0.39, 0.29) is 6.42 Å². The molecule has 3 nitrogen and oxygen atoms in total. The molecular weight excluding hydrogens is 286 g/mol. The number of aliphatic hydroxyl groups excluding tert-OH is 1. The molecule has 7 heteroatoms.